The maximum Gasteiger partial charge on any atom is 0.328 e. The van der Waals surface area contributed by atoms with E-state index in [1.165, 1.54) is 0 Å². The molecule has 0 saturated heterocycles. The van der Waals surface area contributed by atoms with E-state index in [1.54, 1.807) is 0 Å². The fraction of sp³-hybridized carbons (Fsp3) is 1.00. The highest BCUT2D eigenvalue weighted by molar-refractivity contribution is 7.52. The van der Waals surface area contributed by atoms with Crippen molar-refractivity contribution < 1.29 is 14.0 Å². The molecule has 0 rings (SSSR count). The summed E-state index contributed by atoms with van der Waals surface area (Å²) in [6.07, 6.45) is 3.87. The molecule has 0 fully saturated rings. The summed E-state index contributed by atoms with van der Waals surface area (Å²) in [5, 5.41) is 0. The summed E-state index contributed by atoms with van der Waals surface area (Å²) < 4.78 is 16.4. The smallest absolute Gasteiger partial charge is 0.324 e. The maximum atomic E-state index is 11.3. The van der Waals surface area contributed by atoms with Crippen molar-refractivity contribution in [1.82, 2.24) is 0 Å². The molecule has 13 heavy (non-hydrogen) atoms. The highest BCUT2D eigenvalue weighted by Gasteiger charge is 2.20. The minimum Gasteiger partial charge on any atom is -0.324 e. The Morgan fingerprint density at radius 1 is 1.38 bits per heavy atom. The van der Waals surface area contributed by atoms with Gasteiger partial charge in [0, 0.05) is 6.16 Å². The minimum absolute atomic E-state index is 0.0951. The van der Waals surface area contributed by atoms with Crippen LogP contribution >= 0.6 is 7.60 Å². The van der Waals surface area contributed by atoms with E-state index in [0.29, 0.717) is 6.42 Å². The Kier molecular flexibility index (Phi) is 6.66. The Labute approximate surface area is 81.0 Å². The van der Waals surface area contributed by atoms with E-state index in [4.69, 9.17) is 4.52 Å². The molecule has 0 aliphatic heterocycles. The van der Waals surface area contributed by atoms with Gasteiger partial charge in [-0.1, -0.05) is 26.7 Å². The molecule has 4 heteroatoms. The van der Waals surface area contributed by atoms with Gasteiger partial charge in [-0.05, 0) is 19.8 Å². The maximum absolute atomic E-state index is 11.3. The van der Waals surface area contributed by atoms with Gasteiger partial charge in [0.1, 0.15) is 0 Å². The predicted octanol–water partition coefficient (Wildman–Crippen LogP) is 3.18. The van der Waals surface area contributed by atoms with Crippen LogP contribution in [0.4, 0.5) is 0 Å². The molecular formula is C9H21O3P. The first-order valence-electron chi connectivity index (χ1n) is 5.02. The van der Waals surface area contributed by atoms with Crippen molar-refractivity contribution in [3.05, 3.63) is 0 Å². The van der Waals surface area contributed by atoms with Gasteiger partial charge in [-0.2, -0.15) is 0 Å². The second kappa shape index (κ2) is 6.58. The highest BCUT2D eigenvalue weighted by Crippen LogP contribution is 2.44. The van der Waals surface area contributed by atoms with Crippen LogP contribution in [0.1, 0.15) is 46.5 Å². The second-order valence-electron chi connectivity index (χ2n) is 3.42. The van der Waals surface area contributed by atoms with Gasteiger partial charge in [-0.15, -0.1) is 0 Å². The van der Waals surface area contributed by atoms with Crippen molar-refractivity contribution >= 4 is 7.60 Å². The van der Waals surface area contributed by atoms with Gasteiger partial charge in [0.25, 0.3) is 0 Å². The second-order valence-corrected chi connectivity index (χ2v) is 5.35. The van der Waals surface area contributed by atoms with Crippen LogP contribution in [-0.2, 0) is 9.09 Å². The molecule has 0 radical (unpaired) electrons. The van der Waals surface area contributed by atoms with E-state index in [2.05, 4.69) is 6.92 Å². The third kappa shape index (κ3) is 7.24. The lowest BCUT2D eigenvalue weighted by molar-refractivity contribution is 0.178. The lowest BCUT2D eigenvalue weighted by atomic mass is 10.2. The van der Waals surface area contributed by atoms with Gasteiger partial charge in [0.05, 0.1) is 6.10 Å². The summed E-state index contributed by atoms with van der Waals surface area (Å²) in [4.78, 5) is 9.32. The summed E-state index contributed by atoms with van der Waals surface area (Å²) in [7, 11) is -3.29. The van der Waals surface area contributed by atoms with Crippen LogP contribution in [0.25, 0.3) is 0 Å². The third-order valence-electron chi connectivity index (χ3n) is 1.82. The zero-order chi connectivity index (χ0) is 10.3. The highest BCUT2D eigenvalue weighted by atomic mass is 31.2. The first-order chi connectivity index (χ1) is 6.02. The molecule has 0 aromatic rings. The first kappa shape index (κ1) is 13.2. The van der Waals surface area contributed by atoms with Crippen molar-refractivity contribution in [2.45, 2.75) is 52.6 Å². The predicted molar refractivity (Wildman–Crippen MR) is 55.1 cm³/mol. The number of hydrogen-bond acceptors (Lipinski definition) is 2. The Morgan fingerprint density at radius 2 is 2.00 bits per heavy atom. The van der Waals surface area contributed by atoms with E-state index in [1.807, 2.05) is 13.8 Å². The van der Waals surface area contributed by atoms with Crippen LogP contribution in [0.3, 0.4) is 0 Å². The van der Waals surface area contributed by atoms with Crippen LogP contribution < -0.4 is 0 Å². The van der Waals surface area contributed by atoms with Crippen molar-refractivity contribution in [2.75, 3.05) is 6.16 Å². The summed E-state index contributed by atoms with van der Waals surface area (Å²) >= 11 is 0. The fourth-order valence-electron chi connectivity index (χ4n) is 1.16. The Morgan fingerprint density at radius 3 is 2.46 bits per heavy atom. The molecule has 0 bridgehead atoms. The largest absolute Gasteiger partial charge is 0.328 e. The molecule has 0 aromatic heterocycles. The summed E-state index contributed by atoms with van der Waals surface area (Å²) in [6.45, 7) is 5.83. The summed E-state index contributed by atoms with van der Waals surface area (Å²) in [6, 6.07) is 0. The Hall–Kier alpha value is 0.150. The molecule has 2 unspecified atom stereocenters. The van der Waals surface area contributed by atoms with Gasteiger partial charge in [-0.25, -0.2) is 0 Å². The quantitative estimate of drug-likeness (QED) is 0.653. The van der Waals surface area contributed by atoms with Gasteiger partial charge in [0.15, 0.2) is 0 Å². The van der Waals surface area contributed by atoms with E-state index in [0.717, 1.165) is 19.3 Å². The Bertz CT molecular complexity index is 170. The molecule has 0 saturated carbocycles. The summed E-state index contributed by atoms with van der Waals surface area (Å²) in [5.74, 6) is 0. The minimum atomic E-state index is -3.29. The lowest BCUT2D eigenvalue weighted by Crippen LogP contribution is -2.07. The molecule has 3 nitrogen and oxygen atoms in total. The van der Waals surface area contributed by atoms with Crippen LogP contribution in [0.2, 0.25) is 0 Å². The fourth-order valence-corrected chi connectivity index (χ4v) is 2.50. The first-order valence-corrected chi connectivity index (χ1v) is 6.78. The van der Waals surface area contributed by atoms with Gasteiger partial charge in [0.2, 0.25) is 0 Å². The molecule has 0 heterocycles. The van der Waals surface area contributed by atoms with E-state index in [-0.39, 0.29) is 12.3 Å². The SMILES string of the molecule is CCCCC(C)OP(=O)(O)CCC. The molecule has 0 aliphatic carbocycles. The van der Waals surface area contributed by atoms with Crippen molar-refractivity contribution in [1.29, 1.82) is 0 Å². The summed E-state index contributed by atoms with van der Waals surface area (Å²) in [5.41, 5.74) is 0. The normalized spacial score (nSPS) is 18.2. The molecule has 0 amide bonds. The topological polar surface area (TPSA) is 46.5 Å². The zero-order valence-electron chi connectivity index (χ0n) is 8.82. The third-order valence-corrected chi connectivity index (χ3v) is 3.52. The van der Waals surface area contributed by atoms with Crippen molar-refractivity contribution in [2.24, 2.45) is 0 Å². The molecular weight excluding hydrogens is 187 g/mol. The van der Waals surface area contributed by atoms with Gasteiger partial charge in [-0.3, -0.25) is 4.57 Å². The number of hydrogen-bond donors (Lipinski definition) is 1. The Balaban J connectivity index is 3.75. The van der Waals surface area contributed by atoms with Crippen molar-refractivity contribution in [3.8, 4) is 0 Å². The van der Waals surface area contributed by atoms with E-state index >= 15 is 0 Å². The molecule has 1 N–H and O–H groups in total. The van der Waals surface area contributed by atoms with E-state index in [9.17, 15) is 9.46 Å². The molecule has 0 aliphatic rings. The molecule has 0 spiro atoms. The number of rotatable bonds is 7. The lowest BCUT2D eigenvalue weighted by Gasteiger charge is -2.16. The standard InChI is InChI=1S/C9H21O3P/c1-4-6-7-9(3)12-13(10,11)8-5-2/h9H,4-8H2,1-3H3,(H,10,11). The number of unbranched alkanes of at least 4 members (excludes halogenated alkanes) is 1. The molecule has 2 atom stereocenters. The van der Waals surface area contributed by atoms with Crippen LogP contribution in [0, 0.1) is 0 Å². The van der Waals surface area contributed by atoms with Crippen molar-refractivity contribution in [3.63, 3.8) is 0 Å². The average molecular weight is 208 g/mol. The van der Waals surface area contributed by atoms with Gasteiger partial charge < -0.3 is 9.42 Å². The van der Waals surface area contributed by atoms with E-state index < -0.39 is 7.60 Å². The zero-order valence-corrected chi connectivity index (χ0v) is 9.72. The molecule has 80 valence electrons. The van der Waals surface area contributed by atoms with Crippen LogP contribution in [0.15, 0.2) is 0 Å². The van der Waals surface area contributed by atoms with Gasteiger partial charge >= 0.3 is 7.60 Å². The van der Waals surface area contributed by atoms with Crippen LogP contribution in [-0.4, -0.2) is 17.2 Å². The monoisotopic (exact) mass is 208 g/mol. The van der Waals surface area contributed by atoms with Crippen LogP contribution in [0.5, 0.6) is 0 Å². The average Bonchev–Trinajstić information content (AvgIpc) is 1.99. The molecule has 0 aromatic carbocycles.